The van der Waals surface area contributed by atoms with Crippen LogP contribution in [0, 0.1) is 0 Å². The Hall–Kier alpha value is -2.39. The molecule has 0 unspecified atom stereocenters. The second-order valence-electron chi connectivity index (χ2n) is 7.76. The van der Waals surface area contributed by atoms with E-state index in [-0.39, 0.29) is 0 Å². The lowest BCUT2D eigenvalue weighted by atomic mass is 10.1. The van der Waals surface area contributed by atoms with E-state index in [0.717, 1.165) is 52.8 Å². The zero-order chi connectivity index (χ0) is 20.9. The van der Waals surface area contributed by atoms with Gasteiger partial charge in [0.25, 0.3) is 0 Å². The molecule has 2 aromatic heterocycles. The largest absolute Gasteiger partial charge is 0.353 e. The van der Waals surface area contributed by atoms with Gasteiger partial charge in [-0.2, -0.15) is 9.40 Å². The van der Waals surface area contributed by atoms with Crippen molar-refractivity contribution in [3.63, 3.8) is 0 Å². The summed E-state index contributed by atoms with van der Waals surface area (Å²) in [5, 5.41) is 10.4. The van der Waals surface area contributed by atoms with Crippen molar-refractivity contribution >= 4 is 43.4 Å². The van der Waals surface area contributed by atoms with E-state index in [9.17, 15) is 8.42 Å². The number of aromatic amines is 2. The standard InChI is InChI=1S/C21H22ClN5O2S/c1-30(28,29)27-9-7-26(8-10-27)13-14-3-2-4-18-17(14)12-20(23-18)21-16-6-5-15(22)11-19(16)24-25-21/h2-6,11-12,23H,7-10,13H2,1H3,(H,24,25). The SMILES string of the molecule is CS(=O)(=O)N1CCN(Cc2cccc3[nH]c(-c4n[nH]c5cc(Cl)ccc45)cc23)CC1. The number of rotatable bonds is 4. The van der Waals surface area contributed by atoms with E-state index in [1.54, 1.807) is 4.31 Å². The fourth-order valence-electron chi connectivity index (χ4n) is 4.14. The minimum absolute atomic E-state index is 0.537. The summed E-state index contributed by atoms with van der Waals surface area (Å²) < 4.78 is 25.0. The minimum atomic E-state index is -3.12. The van der Waals surface area contributed by atoms with E-state index in [1.807, 2.05) is 24.3 Å². The van der Waals surface area contributed by atoms with Crippen molar-refractivity contribution in [2.45, 2.75) is 6.54 Å². The average Bonchev–Trinajstić information content (AvgIpc) is 3.31. The first kappa shape index (κ1) is 19.6. The Morgan fingerprint density at radius 1 is 1.03 bits per heavy atom. The molecule has 4 aromatic rings. The topological polar surface area (TPSA) is 85.1 Å². The number of hydrogen-bond acceptors (Lipinski definition) is 4. The summed E-state index contributed by atoms with van der Waals surface area (Å²) >= 11 is 6.09. The summed E-state index contributed by atoms with van der Waals surface area (Å²) in [6.45, 7) is 3.31. The molecule has 0 amide bonds. The molecule has 1 aliphatic heterocycles. The van der Waals surface area contributed by atoms with Gasteiger partial charge in [-0.3, -0.25) is 10.00 Å². The maximum atomic E-state index is 11.7. The van der Waals surface area contributed by atoms with Crippen LogP contribution in [-0.2, 0) is 16.6 Å². The van der Waals surface area contributed by atoms with Gasteiger partial charge < -0.3 is 4.98 Å². The van der Waals surface area contributed by atoms with Crippen molar-refractivity contribution in [2.75, 3.05) is 32.4 Å². The van der Waals surface area contributed by atoms with Crippen LogP contribution in [0.5, 0.6) is 0 Å². The summed E-state index contributed by atoms with van der Waals surface area (Å²) in [7, 11) is -3.12. The molecule has 0 radical (unpaired) electrons. The van der Waals surface area contributed by atoms with E-state index in [0.29, 0.717) is 18.1 Å². The van der Waals surface area contributed by atoms with Crippen LogP contribution in [0.2, 0.25) is 5.02 Å². The fourth-order valence-corrected chi connectivity index (χ4v) is 5.14. The van der Waals surface area contributed by atoms with Gasteiger partial charge in [-0.1, -0.05) is 23.7 Å². The van der Waals surface area contributed by atoms with Gasteiger partial charge in [-0.05, 0) is 35.9 Å². The fraction of sp³-hybridized carbons (Fsp3) is 0.286. The number of aromatic nitrogens is 3. The third-order valence-electron chi connectivity index (χ3n) is 5.73. The van der Waals surface area contributed by atoms with Gasteiger partial charge in [0.2, 0.25) is 10.0 Å². The molecular formula is C21H22ClN5O2S. The van der Waals surface area contributed by atoms with Gasteiger partial charge in [0, 0.05) is 54.0 Å². The zero-order valence-corrected chi connectivity index (χ0v) is 18.1. The van der Waals surface area contributed by atoms with Crippen LogP contribution in [0.4, 0.5) is 0 Å². The lowest BCUT2D eigenvalue weighted by Gasteiger charge is -2.33. The predicted molar refractivity (Wildman–Crippen MR) is 120 cm³/mol. The molecule has 9 heteroatoms. The molecule has 156 valence electrons. The molecule has 1 aliphatic rings. The molecule has 2 aromatic carbocycles. The van der Waals surface area contributed by atoms with E-state index in [4.69, 9.17) is 11.6 Å². The number of benzene rings is 2. The van der Waals surface area contributed by atoms with E-state index >= 15 is 0 Å². The summed E-state index contributed by atoms with van der Waals surface area (Å²) in [5.74, 6) is 0. The van der Waals surface area contributed by atoms with Gasteiger partial charge >= 0.3 is 0 Å². The molecule has 7 nitrogen and oxygen atoms in total. The average molecular weight is 444 g/mol. The number of nitrogens with one attached hydrogen (secondary N) is 2. The highest BCUT2D eigenvalue weighted by Crippen LogP contribution is 2.31. The van der Waals surface area contributed by atoms with Crippen molar-refractivity contribution < 1.29 is 8.42 Å². The van der Waals surface area contributed by atoms with Crippen LogP contribution in [0.1, 0.15) is 5.56 Å². The molecular weight excluding hydrogens is 422 g/mol. The summed E-state index contributed by atoms with van der Waals surface area (Å²) in [6, 6.07) is 14.1. The van der Waals surface area contributed by atoms with Gasteiger partial charge in [0.1, 0.15) is 5.69 Å². The van der Waals surface area contributed by atoms with E-state index < -0.39 is 10.0 Å². The molecule has 5 rings (SSSR count). The highest BCUT2D eigenvalue weighted by molar-refractivity contribution is 7.88. The van der Waals surface area contributed by atoms with Crippen LogP contribution in [0.25, 0.3) is 33.2 Å². The number of nitrogens with zero attached hydrogens (tertiary/aromatic N) is 3. The number of H-pyrrole nitrogens is 2. The quantitative estimate of drug-likeness (QED) is 0.506. The van der Waals surface area contributed by atoms with Crippen molar-refractivity contribution in [3.8, 4) is 11.4 Å². The second-order valence-corrected chi connectivity index (χ2v) is 10.2. The third kappa shape index (κ3) is 3.60. The Bertz CT molecular complexity index is 1340. The molecule has 2 N–H and O–H groups in total. The second kappa shape index (κ2) is 7.39. The predicted octanol–water partition coefficient (Wildman–Crippen LogP) is 3.44. The highest BCUT2D eigenvalue weighted by Gasteiger charge is 2.23. The van der Waals surface area contributed by atoms with Crippen molar-refractivity contribution in [3.05, 3.63) is 53.1 Å². The lowest BCUT2D eigenvalue weighted by molar-refractivity contribution is 0.182. The molecule has 0 spiro atoms. The molecule has 1 fully saturated rings. The van der Waals surface area contributed by atoms with Crippen molar-refractivity contribution in [1.82, 2.24) is 24.4 Å². The molecule has 0 bridgehead atoms. The number of hydrogen-bond donors (Lipinski definition) is 2. The highest BCUT2D eigenvalue weighted by atomic mass is 35.5. The van der Waals surface area contributed by atoms with E-state index in [2.05, 4.69) is 38.3 Å². The third-order valence-corrected chi connectivity index (χ3v) is 7.27. The normalized spacial score (nSPS) is 16.6. The zero-order valence-electron chi connectivity index (χ0n) is 16.5. The summed E-state index contributed by atoms with van der Waals surface area (Å²) in [6.07, 6.45) is 1.28. The summed E-state index contributed by atoms with van der Waals surface area (Å²) in [4.78, 5) is 5.79. The molecule has 0 aliphatic carbocycles. The number of fused-ring (bicyclic) bond motifs is 2. The Morgan fingerprint density at radius 3 is 2.60 bits per heavy atom. The van der Waals surface area contributed by atoms with Crippen LogP contribution >= 0.6 is 11.6 Å². The smallest absolute Gasteiger partial charge is 0.211 e. The first-order valence-electron chi connectivity index (χ1n) is 9.80. The monoisotopic (exact) mass is 443 g/mol. The van der Waals surface area contributed by atoms with Gasteiger partial charge in [-0.15, -0.1) is 0 Å². The van der Waals surface area contributed by atoms with Crippen LogP contribution in [0.3, 0.4) is 0 Å². The Balaban J connectivity index is 1.43. The Morgan fingerprint density at radius 2 is 1.83 bits per heavy atom. The number of sulfonamides is 1. The lowest BCUT2D eigenvalue weighted by Crippen LogP contribution is -2.47. The van der Waals surface area contributed by atoms with Gasteiger partial charge in [-0.25, -0.2) is 8.42 Å². The van der Waals surface area contributed by atoms with Crippen molar-refractivity contribution in [2.24, 2.45) is 0 Å². The number of piperazine rings is 1. The minimum Gasteiger partial charge on any atom is -0.353 e. The maximum absolute atomic E-state index is 11.7. The van der Waals surface area contributed by atoms with E-state index in [1.165, 1.54) is 11.8 Å². The van der Waals surface area contributed by atoms with Gasteiger partial charge in [0.05, 0.1) is 17.5 Å². The molecule has 0 atom stereocenters. The molecule has 3 heterocycles. The van der Waals surface area contributed by atoms with Gasteiger partial charge in [0.15, 0.2) is 0 Å². The Labute approximate surface area is 179 Å². The molecule has 0 saturated carbocycles. The maximum Gasteiger partial charge on any atom is 0.211 e. The molecule has 1 saturated heterocycles. The van der Waals surface area contributed by atoms with Crippen molar-refractivity contribution in [1.29, 1.82) is 0 Å². The first-order chi connectivity index (χ1) is 14.4. The number of halogens is 1. The Kier molecular flexibility index (Phi) is 4.82. The van der Waals surface area contributed by atoms with Crippen LogP contribution in [-0.4, -0.2) is 65.2 Å². The molecule has 30 heavy (non-hydrogen) atoms. The first-order valence-corrected chi connectivity index (χ1v) is 12.0. The van der Waals surface area contributed by atoms with Crippen LogP contribution in [0.15, 0.2) is 42.5 Å². The summed E-state index contributed by atoms with van der Waals surface area (Å²) in [5.41, 5.74) is 4.99. The van der Waals surface area contributed by atoms with Crippen LogP contribution < -0.4 is 0 Å².